The zero-order valence-corrected chi connectivity index (χ0v) is 7.06. The Morgan fingerprint density at radius 3 is 2.08 bits per heavy atom. The van der Waals surface area contributed by atoms with Crippen LogP contribution >= 0.6 is 0 Å². The minimum absolute atomic E-state index is 0.159. The molecule has 13 heavy (non-hydrogen) atoms. The first-order valence-electron chi connectivity index (χ1n) is 4.15. The van der Waals surface area contributed by atoms with Crippen LogP contribution in [-0.2, 0) is 0 Å². The van der Waals surface area contributed by atoms with Crippen LogP contribution in [0.15, 0.2) is 0 Å². The summed E-state index contributed by atoms with van der Waals surface area (Å²) in [6.07, 6.45) is -4.16. The van der Waals surface area contributed by atoms with Gasteiger partial charge in [-0.25, -0.2) is 0 Å². The molecular weight excluding hydrogens is 181 g/mol. The van der Waals surface area contributed by atoms with Gasteiger partial charge in [0.15, 0.2) is 5.41 Å². The summed E-state index contributed by atoms with van der Waals surface area (Å²) in [5, 5.41) is 8.55. The summed E-state index contributed by atoms with van der Waals surface area (Å²) in [4.78, 5) is 0. The second-order valence-electron chi connectivity index (χ2n) is 3.53. The molecule has 5 heteroatoms. The number of alkyl halides is 3. The van der Waals surface area contributed by atoms with Gasteiger partial charge in [-0.2, -0.15) is 18.4 Å². The second kappa shape index (κ2) is 3.18. The van der Waals surface area contributed by atoms with Crippen molar-refractivity contribution in [3.05, 3.63) is 0 Å². The standard InChI is InChI=1S/C8H11F3N2/c9-8(10,11)7(5-12)3-1-6(13)2-4-7/h6H,1-4,13H2. The van der Waals surface area contributed by atoms with Gasteiger partial charge in [0.1, 0.15) is 0 Å². The molecule has 1 aliphatic carbocycles. The van der Waals surface area contributed by atoms with E-state index in [2.05, 4.69) is 0 Å². The predicted octanol–water partition coefficient (Wildman–Crippen LogP) is 1.96. The molecule has 0 aromatic heterocycles. The number of hydrogen-bond donors (Lipinski definition) is 1. The Hall–Kier alpha value is -0.760. The van der Waals surface area contributed by atoms with Crippen molar-refractivity contribution in [1.82, 2.24) is 0 Å². The van der Waals surface area contributed by atoms with Crippen LogP contribution in [0.25, 0.3) is 0 Å². The lowest BCUT2D eigenvalue weighted by atomic mass is 9.73. The summed E-state index contributed by atoms with van der Waals surface area (Å²) in [5.74, 6) is 0. The van der Waals surface area contributed by atoms with E-state index in [1.165, 1.54) is 6.07 Å². The third kappa shape index (κ3) is 1.78. The van der Waals surface area contributed by atoms with Crippen molar-refractivity contribution in [1.29, 1.82) is 5.26 Å². The molecule has 0 amide bonds. The van der Waals surface area contributed by atoms with Crippen molar-refractivity contribution in [3.63, 3.8) is 0 Å². The molecule has 0 radical (unpaired) electrons. The van der Waals surface area contributed by atoms with E-state index in [1.807, 2.05) is 0 Å². The average molecular weight is 192 g/mol. The Morgan fingerprint density at radius 2 is 1.77 bits per heavy atom. The average Bonchev–Trinajstić information content (AvgIpc) is 2.04. The van der Waals surface area contributed by atoms with Crippen molar-refractivity contribution in [3.8, 4) is 6.07 Å². The molecule has 0 aromatic rings. The molecule has 0 atom stereocenters. The third-order valence-corrected chi connectivity index (χ3v) is 2.64. The van der Waals surface area contributed by atoms with E-state index in [1.54, 1.807) is 0 Å². The zero-order valence-electron chi connectivity index (χ0n) is 7.06. The van der Waals surface area contributed by atoms with Crippen LogP contribution in [-0.4, -0.2) is 12.2 Å². The summed E-state index contributed by atoms with van der Waals surface area (Å²) in [6, 6.07) is 1.22. The number of nitriles is 1. The zero-order chi connectivity index (χ0) is 10.1. The normalized spacial score (nSPS) is 35.5. The van der Waals surface area contributed by atoms with Crippen LogP contribution in [0.5, 0.6) is 0 Å². The van der Waals surface area contributed by atoms with Gasteiger partial charge in [-0.1, -0.05) is 0 Å². The number of nitrogens with two attached hydrogens (primary N) is 1. The molecule has 1 fully saturated rings. The van der Waals surface area contributed by atoms with Gasteiger partial charge in [-0.05, 0) is 25.7 Å². The number of halogens is 3. The Labute approximate surface area is 74.5 Å². The Morgan fingerprint density at radius 1 is 1.31 bits per heavy atom. The molecule has 0 spiro atoms. The lowest BCUT2D eigenvalue weighted by Crippen LogP contribution is -2.42. The van der Waals surface area contributed by atoms with E-state index in [0.717, 1.165) is 0 Å². The maximum Gasteiger partial charge on any atom is 0.407 e. The Bertz CT molecular complexity index is 221. The van der Waals surface area contributed by atoms with Crippen molar-refractivity contribution in [2.75, 3.05) is 0 Å². The van der Waals surface area contributed by atoms with E-state index in [9.17, 15) is 13.2 Å². The minimum Gasteiger partial charge on any atom is -0.328 e. The molecule has 2 nitrogen and oxygen atoms in total. The first-order valence-corrected chi connectivity index (χ1v) is 4.15. The van der Waals surface area contributed by atoms with Gasteiger partial charge >= 0.3 is 6.18 Å². The first kappa shape index (κ1) is 10.3. The van der Waals surface area contributed by atoms with Gasteiger partial charge in [0.25, 0.3) is 0 Å². The molecule has 0 unspecified atom stereocenters. The van der Waals surface area contributed by atoms with Crippen molar-refractivity contribution < 1.29 is 13.2 Å². The molecule has 0 aromatic carbocycles. The maximum atomic E-state index is 12.5. The van der Waals surface area contributed by atoms with E-state index in [-0.39, 0.29) is 31.7 Å². The lowest BCUT2D eigenvalue weighted by molar-refractivity contribution is -0.212. The summed E-state index contributed by atoms with van der Waals surface area (Å²) < 4.78 is 37.4. The first-order chi connectivity index (χ1) is 5.91. The third-order valence-electron chi connectivity index (χ3n) is 2.64. The van der Waals surface area contributed by atoms with Crippen LogP contribution in [0.2, 0.25) is 0 Å². The van der Waals surface area contributed by atoms with Gasteiger partial charge in [-0.15, -0.1) is 0 Å². The highest BCUT2D eigenvalue weighted by molar-refractivity contribution is 5.06. The molecule has 2 N–H and O–H groups in total. The highest BCUT2D eigenvalue weighted by Gasteiger charge is 2.56. The van der Waals surface area contributed by atoms with Gasteiger partial charge in [0.05, 0.1) is 6.07 Å². The Kier molecular flexibility index (Phi) is 2.53. The van der Waals surface area contributed by atoms with Crippen molar-refractivity contribution in [2.45, 2.75) is 37.9 Å². The van der Waals surface area contributed by atoms with Crippen LogP contribution < -0.4 is 5.73 Å². The molecular formula is C8H11F3N2. The van der Waals surface area contributed by atoms with Crippen LogP contribution in [0.3, 0.4) is 0 Å². The molecule has 74 valence electrons. The van der Waals surface area contributed by atoms with Gasteiger partial charge < -0.3 is 5.73 Å². The molecule has 0 aliphatic heterocycles. The highest BCUT2D eigenvalue weighted by Crippen LogP contribution is 2.47. The SMILES string of the molecule is N#CC1(C(F)(F)F)CCC(N)CC1. The van der Waals surface area contributed by atoms with Gasteiger partial charge in [0, 0.05) is 6.04 Å². The molecule has 1 aliphatic rings. The minimum atomic E-state index is -4.41. The molecule has 1 rings (SSSR count). The lowest BCUT2D eigenvalue weighted by Gasteiger charge is -2.34. The quantitative estimate of drug-likeness (QED) is 0.637. The predicted molar refractivity (Wildman–Crippen MR) is 40.5 cm³/mol. The van der Waals surface area contributed by atoms with Crippen LogP contribution in [0, 0.1) is 16.7 Å². The maximum absolute atomic E-state index is 12.5. The van der Waals surface area contributed by atoms with Crippen LogP contribution in [0.4, 0.5) is 13.2 Å². The number of rotatable bonds is 0. The summed E-state index contributed by atoms with van der Waals surface area (Å²) in [7, 11) is 0. The molecule has 0 bridgehead atoms. The molecule has 1 saturated carbocycles. The smallest absolute Gasteiger partial charge is 0.328 e. The largest absolute Gasteiger partial charge is 0.407 e. The van der Waals surface area contributed by atoms with E-state index in [0.29, 0.717) is 0 Å². The highest BCUT2D eigenvalue weighted by atomic mass is 19.4. The van der Waals surface area contributed by atoms with Crippen molar-refractivity contribution in [2.24, 2.45) is 11.1 Å². The summed E-state index contributed by atoms with van der Waals surface area (Å²) >= 11 is 0. The van der Waals surface area contributed by atoms with E-state index < -0.39 is 11.6 Å². The van der Waals surface area contributed by atoms with E-state index >= 15 is 0 Å². The van der Waals surface area contributed by atoms with Gasteiger partial charge in [-0.3, -0.25) is 0 Å². The fraction of sp³-hybridized carbons (Fsp3) is 0.875. The monoisotopic (exact) mass is 192 g/mol. The fourth-order valence-electron chi connectivity index (χ4n) is 1.59. The summed E-state index contributed by atoms with van der Waals surface area (Å²) in [6.45, 7) is 0. The summed E-state index contributed by atoms with van der Waals surface area (Å²) in [5.41, 5.74) is 3.34. The number of hydrogen-bond acceptors (Lipinski definition) is 2. The second-order valence-corrected chi connectivity index (χ2v) is 3.53. The van der Waals surface area contributed by atoms with Gasteiger partial charge in [0.2, 0.25) is 0 Å². The fourth-order valence-corrected chi connectivity index (χ4v) is 1.59. The van der Waals surface area contributed by atoms with Crippen molar-refractivity contribution >= 4 is 0 Å². The number of nitrogens with zero attached hydrogens (tertiary/aromatic N) is 1. The Balaban J connectivity index is 2.80. The molecule has 0 saturated heterocycles. The topological polar surface area (TPSA) is 49.8 Å². The molecule has 0 heterocycles. The van der Waals surface area contributed by atoms with E-state index in [4.69, 9.17) is 11.0 Å². The van der Waals surface area contributed by atoms with Crippen LogP contribution in [0.1, 0.15) is 25.7 Å².